The molecule has 0 radical (unpaired) electrons. The fraction of sp³-hybridized carbons (Fsp3) is 0.579. The van der Waals surface area contributed by atoms with Gasteiger partial charge in [0.2, 0.25) is 5.91 Å². The van der Waals surface area contributed by atoms with Gasteiger partial charge in [0.15, 0.2) is 16.3 Å². The van der Waals surface area contributed by atoms with Crippen LogP contribution in [0.2, 0.25) is 0 Å². The molecule has 2 aromatic rings. The molecule has 1 aromatic carbocycles. The van der Waals surface area contributed by atoms with Crippen LogP contribution in [-0.2, 0) is 11.3 Å². The summed E-state index contributed by atoms with van der Waals surface area (Å²) in [5.41, 5.74) is 1.06. The minimum Gasteiger partial charge on any atom is -0.486 e. The van der Waals surface area contributed by atoms with E-state index in [1.165, 1.54) is 32.1 Å². The zero-order valence-electron chi connectivity index (χ0n) is 14.6. The summed E-state index contributed by atoms with van der Waals surface area (Å²) < 4.78 is 14.5. The smallest absolute Gasteiger partial charge is 0.248 e. The topological polar surface area (TPSA) is 52.8 Å². The molecule has 1 aliphatic carbocycles. The summed E-state index contributed by atoms with van der Waals surface area (Å²) >= 11 is 1.55. The minimum atomic E-state index is 0.0120. The van der Waals surface area contributed by atoms with Gasteiger partial charge >= 0.3 is 0 Å². The second kappa shape index (κ2) is 7.20. The monoisotopic (exact) mass is 360 g/mol. The van der Waals surface area contributed by atoms with Crippen molar-refractivity contribution in [1.82, 2.24) is 4.57 Å². The Morgan fingerprint density at radius 1 is 1.20 bits per heavy atom. The van der Waals surface area contributed by atoms with Crippen molar-refractivity contribution in [3.05, 3.63) is 16.9 Å². The Hall–Kier alpha value is -1.82. The molecule has 0 spiro atoms. The first kappa shape index (κ1) is 16.6. The maximum atomic E-state index is 12.5. The molecular formula is C19H24N2O3S. The van der Waals surface area contributed by atoms with E-state index in [9.17, 15) is 4.79 Å². The number of aromatic nitrogens is 1. The highest BCUT2D eigenvalue weighted by molar-refractivity contribution is 7.16. The Labute approximate surface area is 151 Å². The lowest BCUT2D eigenvalue weighted by Crippen LogP contribution is -2.18. The molecule has 2 aliphatic rings. The van der Waals surface area contributed by atoms with Crippen LogP contribution in [0.1, 0.15) is 45.4 Å². The molecule has 4 rings (SSSR count). The van der Waals surface area contributed by atoms with Crippen LogP contribution in [0.3, 0.4) is 0 Å². The number of thiazole rings is 1. The van der Waals surface area contributed by atoms with Crippen LogP contribution in [0.15, 0.2) is 17.1 Å². The van der Waals surface area contributed by atoms with Gasteiger partial charge in [-0.2, -0.15) is 4.99 Å². The largest absolute Gasteiger partial charge is 0.486 e. The fourth-order valence-electron chi connectivity index (χ4n) is 3.79. The lowest BCUT2D eigenvalue weighted by molar-refractivity contribution is -0.119. The molecule has 2 heterocycles. The number of amides is 1. The molecule has 0 bridgehead atoms. The second-order valence-electron chi connectivity index (χ2n) is 6.81. The van der Waals surface area contributed by atoms with Gasteiger partial charge in [-0.05, 0) is 25.7 Å². The molecule has 0 atom stereocenters. The third-order valence-corrected chi connectivity index (χ3v) is 6.11. The molecule has 1 fully saturated rings. The van der Waals surface area contributed by atoms with E-state index >= 15 is 0 Å². The van der Waals surface area contributed by atoms with E-state index in [0.29, 0.717) is 25.6 Å². The lowest BCUT2D eigenvalue weighted by atomic mass is 9.87. The van der Waals surface area contributed by atoms with Crippen LogP contribution in [0.4, 0.5) is 0 Å². The van der Waals surface area contributed by atoms with Gasteiger partial charge in [-0.3, -0.25) is 4.79 Å². The van der Waals surface area contributed by atoms with E-state index in [2.05, 4.69) is 16.5 Å². The molecule has 0 N–H and O–H groups in total. The molecule has 0 unspecified atom stereocenters. The number of carbonyl (C=O) groups excluding carboxylic acids is 1. The Bertz CT molecular complexity index is 846. The van der Waals surface area contributed by atoms with Crippen molar-refractivity contribution in [2.75, 3.05) is 13.2 Å². The van der Waals surface area contributed by atoms with Crippen molar-refractivity contribution in [3.63, 3.8) is 0 Å². The Balaban J connectivity index is 1.67. The van der Waals surface area contributed by atoms with Gasteiger partial charge in [0.25, 0.3) is 0 Å². The number of aryl methyl sites for hydroxylation is 1. The Morgan fingerprint density at radius 3 is 2.64 bits per heavy atom. The summed E-state index contributed by atoms with van der Waals surface area (Å²) in [7, 11) is 0. The number of hydrogen-bond acceptors (Lipinski definition) is 4. The van der Waals surface area contributed by atoms with Crippen LogP contribution in [0.5, 0.6) is 11.5 Å². The minimum absolute atomic E-state index is 0.0120. The van der Waals surface area contributed by atoms with E-state index in [4.69, 9.17) is 9.47 Å². The lowest BCUT2D eigenvalue weighted by Gasteiger charge is -2.19. The Kier molecular flexibility index (Phi) is 4.79. The number of ether oxygens (including phenoxy) is 2. The first-order chi connectivity index (χ1) is 12.2. The first-order valence-electron chi connectivity index (χ1n) is 9.25. The summed E-state index contributed by atoms with van der Waals surface area (Å²) in [4.78, 5) is 17.7. The third kappa shape index (κ3) is 3.45. The standard InChI is InChI=1S/C19H24N2O3S/c1-2-21-14-11-15-16(24-9-8-23-15)12-17(14)25-19(21)20-18(22)10-13-6-4-3-5-7-13/h11-13H,2-10H2,1H3. The number of benzene rings is 1. The molecule has 0 saturated heterocycles. The molecular weight excluding hydrogens is 336 g/mol. The molecule has 25 heavy (non-hydrogen) atoms. The molecule has 1 saturated carbocycles. The zero-order chi connectivity index (χ0) is 17.2. The molecule has 6 heteroatoms. The molecule has 134 valence electrons. The predicted molar refractivity (Wildman–Crippen MR) is 98.2 cm³/mol. The normalized spacial score (nSPS) is 18.7. The van der Waals surface area contributed by atoms with Crippen LogP contribution >= 0.6 is 11.3 Å². The molecule has 1 aliphatic heterocycles. The van der Waals surface area contributed by atoms with Gasteiger partial charge in [0.05, 0.1) is 10.2 Å². The summed E-state index contributed by atoms with van der Waals surface area (Å²) in [5, 5.41) is 0. The first-order valence-corrected chi connectivity index (χ1v) is 10.1. The maximum Gasteiger partial charge on any atom is 0.248 e. The van der Waals surface area contributed by atoms with Crippen molar-refractivity contribution >= 4 is 27.5 Å². The molecule has 1 amide bonds. The number of nitrogens with zero attached hydrogens (tertiary/aromatic N) is 2. The quantitative estimate of drug-likeness (QED) is 0.834. The van der Waals surface area contributed by atoms with Crippen molar-refractivity contribution < 1.29 is 14.3 Å². The van der Waals surface area contributed by atoms with Gasteiger partial charge in [0.1, 0.15) is 13.2 Å². The predicted octanol–water partition coefficient (Wildman–Crippen LogP) is 3.89. The summed E-state index contributed by atoms with van der Waals surface area (Å²) in [6.07, 6.45) is 6.73. The second-order valence-corrected chi connectivity index (χ2v) is 7.82. The van der Waals surface area contributed by atoms with E-state index in [1.807, 2.05) is 12.1 Å². The summed E-state index contributed by atoms with van der Waals surface area (Å²) in [6, 6.07) is 4.01. The fourth-order valence-corrected chi connectivity index (χ4v) is 4.91. The zero-order valence-corrected chi connectivity index (χ0v) is 15.4. The average molecular weight is 360 g/mol. The molecule has 1 aromatic heterocycles. The SMILES string of the molecule is CCn1c(=NC(=O)CC2CCCCC2)sc2cc3c(cc21)OCCO3. The number of rotatable bonds is 3. The summed E-state index contributed by atoms with van der Waals surface area (Å²) in [6.45, 7) is 4.00. The average Bonchev–Trinajstić information content (AvgIpc) is 2.96. The van der Waals surface area contributed by atoms with E-state index in [0.717, 1.165) is 33.1 Å². The van der Waals surface area contributed by atoms with Crippen molar-refractivity contribution in [2.24, 2.45) is 10.9 Å². The number of carbonyl (C=O) groups is 1. The van der Waals surface area contributed by atoms with Gasteiger partial charge in [-0.25, -0.2) is 0 Å². The van der Waals surface area contributed by atoms with Crippen LogP contribution < -0.4 is 14.3 Å². The van der Waals surface area contributed by atoms with Crippen molar-refractivity contribution in [3.8, 4) is 11.5 Å². The van der Waals surface area contributed by atoms with Gasteiger partial charge in [-0.1, -0.05) is 30.6 Å². The van der Waals surface area contributed by atoms with Gasteiger partial charge in [0, 0.05) is 25.1 Å². The van der Waals surface area contributed by atoms with E-state index in [1.54, 1.807) is 11.3 Å². The van der Waals surface area contributed by atoms with E-state index < -0.39 is 0 Å². The third-order valence-electron chi connectivity index (χ3n) is 5.07. The van der Waals surface area contributed by atoms with Crippen LogP contribution in [-0.4, -0.2) is 23.7 Å². The molecule has 5 nitrogen and oxygen atoms in total. The van der Waals surface area contributed by atoms with E-state index in [-0.39, 0.29) is 5.91 Å². The van der Waals surface area contributed by atoms with Crippen molar-refractivity contribution in [1.29, 1.82) is 0 Å². The summed E-state index contributed by atoms with van der Waals surface area (Å²) in [5.74, 6) is 2.09. The Morgan fingerprint density at radius 2 is 1.92 bits per heavy atom. The number of hydrogen-bond donors (Lipinski definition) is 0. The maximum absolute atomic E-state index is 12.5. The highest BCUT2D eigenvalue weighted by atomic mass is 32.1. The van der Waals surface area contributed by atoms with Crippen LogP contribution in [0.25, 0.3) is 10.2 Å². The highest BCUT2D eigenvalue weighted by Crippen LogP contribution is 2.35. The van der Waals surface area contributed by atoms with Crippen LogP contribution in [0, 0.1) is 5.92 Å². The highest BCUT2D eigenvalue weighted by Gasteiger charge is 2.18. The number of fused-ring (bicyclic) bond motifs is 2. The van der Waals surface area contributed by atoms with Gasteiger partial charge in [-0.15, -0.1) is 0 Å². The van der Waals surface area contributed by atoms with Crippen molar-refractivity contribution in [2.45, 2.75) is 52.0 Å². The van der Waals surface area contributed by atoms with Gasteiger partial charge < -0.3 is 14.0 Å².